The first-order valence-corrected chi connectivity index (χ1v) is 12.3. The average Bonchev–Trinajstić information content (AvgIpc) is 3.16. The van der Waals surface area contributed by atoms with Crippen molar-refractivity contribution in [1.29, 1.82) is 0 Å². The van der Waals surface area contributed by atoms with Crippen molar-refractivity contribution in [3.8, 4) is 0 Å². The molecule has 0 nitrogen and oxygen atoms in total. The molecule has 0 aromatic rings. The maximum Gasteiger partial charge on any atom is 0.166 e. The Kier molecular flexibility index (Phi) is 4.47. The molecule has 0 radical (unpaired) electrons. The van der Waals surface area contributed by atoms with Gasteiger partial charge in [0.25, 0.3) is 0 Å². The average molecular weight is 612 g/mol. The Bertz CT molecular complexity index is 806. The van der Waals surface area contributed by atoms with Crippen LogP contribution in [0.4, 0.5) is 0 Å². The zero-order valence-corrected chi connectivity index (χ0v) is 21.6. The maximum absolute atomic E-state index is 7.01. The number of alkyl halides is 8. The van der Waals surface area contributed by atoms with Crippen molar-refractivity contribution in [1.82, 2.24) is 0 Å². The van der Waals surface area contributed by atoms with Gasteiger partial charge in [-0.1, -0.05) is 92.8 Å². The van der Waals surface area contributed by atoms with Gasteiger partial charge in [-0.25, -0.2) is 0 Å². The SMILES string of the molecule is ClC1=C(Cl)[C@@]2(Cl)[C@H]3C[C@@H]4[C@@H]([C@@H]3[C@@]1(Cl)C2(Cl)Cl)[C@@]1(Cl)C(Cl)=C(Cl)[C@@]4(Cl)C1(Cl)Cl. The van der Waals surface area contributed by atoms with E-state index in [0.717, 1.165) is 0 Å². The fraction of sp³-hybridized carbons (Fsp3) is 0.733. The fourth-order valence-corrected chi connectivity index (χ4v) is 12.4. The lowest BCUT2D eigenvalue weighted by Gasteiger charge is -2.43. The third kappa shape index (κ3) is 1.71. The highest BCUT2D eigenvalue weighted by molar-refractivity contribution is 6.67. The predicted octanol–water partition coefficient (Wildman–Crippen LogP) is 8.55. The number of allylic oxidation sites excluding steroid dienone is 4. The van der Waals surface area contributed by atoms with Crippen molar-refractivity contribution in [2.24, 2.45) is 23.7 Å². The Morgan fingerprint density at radius 2 is 0.741 bits per heavy atom. The van der Waals surface area contributed by atoms with E-state index >= 15 is 0 Å². The molecular formula is C15H6Cl12. The fourth-order valence-electron chi connectivity index (χ4n) is 6.16. The van der Waals surface area contributed by atoms with Gasteiger partial charge in [-0.15, -0.1) is 46.4 Å². The van der Waals surface area contributed by atoms with Gasteiger partial charge in [-0.05, 0) is 30.1 Å². The van der Waals surface area contributed by atoms with Gasteiger partial charge in [0.1, 0.15) is 19.5 Å². The second kappa shape index (κ2) is 5.53. The normalized spacial score (nSPS) is 59.1. The lowest BCUT2D eigenvalue weighted by atomic mass is 9.74. The summed E-state index contributed by atoms with van der Waals surface area (Å²) in [7, 11) is 0. The van der Waals surface area contributed by atoms with Gasteiger partial charge in [0.15, 0.2) is 8.67 Å². The summed E-state index contributed by atoms with van der Waals surface area (Å²) in [4.78, 5) is -5.83. The van der Waals surface area contributed by atoms with Crippen molar-refractivity contribution < 1.29 is 0 Å². The van der Waals surface area contributed by atoms with E-state index in [-0.39, 0.29) is 32.0 Å². The van der Waals surface area contributed by atoms with E-state index in [0.29, 0.717) is 6.42 Å². The van der Waals surface area contributed by atoms with Gasteiger partial charge >= 0.3 is 0 Å². The van der Waals surface area contributed by atoms with Gasteiger partial charge in [0.2, 0.25) is 0 Å². The molecule has 3 saturated carbocycles. The molecule has 0 aliphatic heterocycles. The first kappa shape index (κ1) is 21.8. The van der Waals surface area contributed by atoms with E-state index < -0.39 is 40.0 Å². The zero-order chi connectivity index (χ0) is 20.3. The highest BCUT2D eigenvalue weighted by atomic mass is 35.5. The topological polar surface area (TPSA) is 0 Å². The Balaban J connectivity index is 1.80. The van der Waals surface area contributed by atoms with Gasteiger partial charge < -0.3 is 0 Å². The summed E-state index contributed by atoms with van der Waals surface area (Å²) in [5, 5.41) is 0.417. The quantitative estimate of drug-likeness (QED) is 0.241. The van der Waals surface area contributed by atoms with Gasteiger partial charge in [0.05, 0.1) is 20.1 Å². The summed E-state index contributed by atoms with van der Waals surface area (Å²) in [5.41, 5.74) is 0. The summed E-state index contributed by atoms with van der Waals surface area (Å²) in [5.74, 6) is -1.82. The summed E-state index contributed by atoms with van der Waals surface area (Å²) >= 11 is 80.6. The van der Waals surface area contributed by atoms with E-state index in [1.165, 1.54) is 0 Å². The second-order valence-corrected chi connectivity index (χ2v) is 14.3. The largest absolute Gasteiger partial charge is 0.166 e. The van der Waals surface area contributed by atoms with Crippen LogP contribution in [-0.2, 0) is 0 Å². The minimum atomic E-state index is -1.69. The number of fused-ring (bicyclic) bond motifs is 11. The summed E-state index contributed by atoms with van der Waals surface area (Å²) in [6.07, 6.45) is 0.397. The second-order valence-electron chi connectivity index (χ2n) is 7.75. The Hall–Kier alpha value is 2.96. The third-order valence-corrected chi connectivity index (χ3v) is 15.8. The van der Waals surface area contributed by atoms with Crippen LogP contribution in [-0.4, -0.2) is 28.2 Å². The van der Waals surface area contributed by atoms with E-state index in [1.54, 1.807) is 0 Å². The summed E-state index contributed by atoms with van der Waals surface area (Å²) in [6, 6.07) is 0. The smallest absolute Gasteiger partial charge is 0.109 e. The van der Waals surface area contributed by atoms with Crippen LogP contribution in [0.15, 0.2) is 20.1 Å². The van der Waals surface area contributed by atoms with Crippen LogP contribution in [0.5, 0.6) is 0 Å². The standard InChI is InChI=1S/C15H6Cl12/c16-6-8(18)12(22)4-2(10(6,20)14(12,24)25)1-3-5(4)13(23)9(19)7(17)11(3,21)15(13,26)27/h2-5H,1H2/t2-,3+,4+,5-,10-,11+,12-,13+. The molecule has 0 N–H and O–H groups in total. The first-order chi connectivity index (χ1) is 12.1. The van der Waals surface area contributed by atoms with Crippen LogP contribution < -0.4 is 0 Å². The molecule has 150 valence electrons. The van der Waals surface area contributed by atoms with E-state index in [4.69, 9.17) is 139 Å². The molecular weight excluding hydrogens is 606 g/mol. The van der Waals surface area contributed by atoms with Crippen LogP contribution in [0.3, 0.4) is 0 Å². The van der Waals surface area contributed by atoms with E-state index in [2.05, 4.69) is 0 Å². The van der Waals surface area contributed by atoms with Crippen LogP contribution in [0, 0.1) is 23.7 Å². The minimum Gasteiger partial charge on any atom is -0.109 e. The molecule has 5 aliphatic carbocycles. The molecule has 0 saturated heterocycles. The maximum atomic E-state index is 7.01. The molecule has 12 heteroatoms. The molecule has 27 heavy (non-hydrogen) atoms. The number of halogens is 12. The molecule has 0 spiro atoms. The predicted molar refractivity (Wildman–Crippen MR) is 119 cm³/mol. The van der Waals surface area contributed by atoms with Gasteiger partial charge in [-0.2, -0.15) is 0 Å². The number of hydrogen-bond donors (Lipinski definition) is 0. The van der Waals surface area contributed by atoms with Gasteiger partial charge in [-0.3, -0.25) is 0 Å². The summed E-state index contributed by atoms with van der Waals surface area (Å²) < 4.78 is -3.37. The van der Waals surface area contributed by atoms with Crippen LogP contribution in [0.2, 0.25) is 0 Å². The summed E-state index contributed by atoms with van der Waals surface area (Å²) in [6.45, 7) is 0. The van der Waals surface area contributed by atoms with Crippen LogP contribution >= 0.6 is 139 Å². The number of rotatable bonds is 0. The third-order valence-electron chi connectivity index (χ3n) is 7.19. The highest BCUT2D eigenvalue weighted by Gasteiger charge is 2.92. The van der Waals surface area contributed by atoms with Crippen molar-refractivity contribution >= 4 is 139 Å². The van der Waals surface area contributed by atoms with Crippen molar-refractivity contribution in [3.05, 3.63) is 20.1 Å². The molecule has 5 rings (SSSR count). The minimum absolute atomic E-state index is 0.0836. The van der Waals surface area contributed by atoms with Crippen LogP contribution in [0.25, 0.3) is 0 Å². The lowest BCUT2D eigenvalue weighted by molar-refractivity contribution is 0.258. The lowest BCUT2D eigenvalue weighted by Crippen LogP contribution is -2.51. The molecule has 0 aromatic heterocycles. The molecule has 0 heterocycles. The molecule has 0 unspecified atom stereocenters. The Morgan fingerprint density at radius 3 is 1.04 bits per heavy atom. The molecule has 8 atom stereocenters. The highest BCUT2D eigenvalue weighted by Crippen LogP contribution is 2.88. The molecule has 0 aromatic carbocycles. The van der Waals surface area contributed by atoms with Crippen molar-refractivity contribution in [2.75, 3.05) is 0 Å². The van der Waals surface area contributed by atoms with Gasteiger partial charge in [0, 0.05) is 0 Å². The molecule has 0 amide bonds. The van der Waals surface area contributed by atoms with Crippen molar-refractivity contribution in [3.63, 3.8) is 0 Å². The molecule has 3 fully saturated rings. The van der Waals surface area contributed by atoms with E-state index in [9.17, 15) is 0 Å². The van der Waals surface area contributed by atoms with Crippen LogP contribution in [0.1, 0.15) is 6.42 Å². The van der Waals surface area contributed by atoms with E-state index in [1.807, 2.05) is 0 Å². The Morgan fingerprint density at radius 1 is 0.481 bits per heavy atom. The first-order valence-electron chi connectivity index (χ1n) is 7.74. The molecule has 5 aliphatic rings. The monoisotopic (exact) mass is 606 g/mol. The number of hydrogen-bond acceptors (Lipinski definition) is 0. The van der Waals surface area contributed by atoms with Crippen molar-refractivity contribution in [2.45, 2.75) is 34.6 Å². The Labute approximate surface area is 215 Å². The molecule has 4 bridgehead atoms. The zero-order valence-electron chi connectivity index (χ0n) is 12.6.